The van der Waals surface area contributed by atoms with Gasteiger partial charge in [-0.2, -0.15) is 5.26 Å². The minimum atomic E-state index is -0.556. The van der Waals surface area contributed by atoms with E-state index in [0.29, 0.717) is 16.1 Å². The number of hydrogen-bond acceptors (Lipinski definition) is 6. The number of amides is 1. The molecule has 0 saturated heterocycles. The number of fused-ring (bicyclic) bond motifs is 1. The molecule has 0 aliphatic heterocycles. The van der Waals surface area contributed by atoms with Gasteiger partial charge in [0, 0.05) is 24.7 Å². The average molecular weight is 369 g/mol. The van der Waals surface area contributed by atoms with Crippen molar-refractivity contribution in [2.24, 2.45) is 0 Å². The van der Waals surface area contributed by atoms with E-state index in [1.165, 1.54) is 11.3 Å². The third kappa shape index (κ3) is 3.70. The fraction of sp³-hybridized carbons (Fsp3) is 0.316. The Labute approximate surface area is 156 Å². The summed E-state index contributed by atoms with van der Waals surface area (Å²) in [5.41, 5.74) is 2.94. The van der Waals surface area contributed by atoms with Crippen LogP contribution in [0.5, 0.6) is 0 Å². The lowest BCUT2D eigenvalue weighted by atomic mass is 10.1. The van der Waals surface area contributed by atoms with Crippen LogP contribution in [0.25, 0.3) is 0 Å². The molecule has 1 aliphatic carbocycles. The Morgan fingerprint density at radius 1 is 1.27 bits per heavy atom. The van der Waals surface area contributed by atoms with E-state index in [2.05, 4.69) is 11.4 Å². The van der Waals surface area contributed by atoms with E-state index >= 15 is 0 Å². The molecule has 134 valence electrons. The summed E-state index contributed by atoms with van der Waals surface area (Å²) in [5, 5.41) is 12.6. The van der Waals surface area contributed by atoms with Crippen molar-refractivity contribution in [1.82, 2.24) is 0 Å². The SMILES string of the molecule is CN(C)c1ccc(C(=O)OCC(=O)Nc2sc3c(c2C#N)CCC3)cc1. The topological polar surface area (TPSA) is 82.4 Å². The molecule has 3 rings (SSSR count). The number of nitriles is 1. The highest BCUT2D eigenvalue weighted by atomic mass is 32.1. The van der Waals surface area contributed by atoms with Gasteiger partial charge in [0.25, 0.3) is 5.91 Å². The molecule has 2 aromatic rings. The lowest BCUT2D eigenvalue weighted by Crippen LogP contribution is -2.21. The summed E-state index contributed by atoms with van der Waals surface area (Å²) in [5.74, 6) is -1.00. The first-order valence-electron chi connectivity index (χ1n) is 8.28. The van der Waals surface area contributed by atoms with Gasteiger partial charge in [0.05, 0.1) is 11.1 Å². The first-order valence-corrected chi connectivity index (χ1v) is 9.10. The predicted octanol–water partition coefficient (Wildman–Crippen LogP) is 2.97. The van der Waals surface area contributed by atoms with Gasteiger partial charge in [-0.05, 0) is 49.1 Å². The molecule has 1 aromatic heterocycles. The number of aryl methyl sites for hydroxylation is 1. The van der Waals surface area contributed by atoms with Crippen molar-refractivity contribution in [2.45, 2.75) is 19.3 Å². The second kappa shape index (κ2) is 7.58. The highest BCUT2D eigenvalue weighted by molar-refractivity contribution is 7.16. The van der Waals surface area contributed by atoms with Crippen molar-refractivity contribution in [3.8, 4) is 6.07 Å². The van der Waals surface area contributed by atoms with E-state index in [4.69, 9.17) is 4.74 Å². The fourth-order valence-electron chi connectivity index (χ4n) is 2.88. The molecule has 26 heavy (non-hydrogen) atoms. The van der Waals surface area contributed by atoms with Gasteiger partial charge in [-0.1, -0.05) is 0 Å². The molecule has 1 N–H and O–H groups in total. The summed E-state index contributed by atoms with van der Waals surface area (Å²) < 4.78 is 5.07. The third-order valence-electron chi connectivity index (χ3n) is 4.24. The zero-order chi connectivity index (χ0) is 18.7. The summed E-state index contributed by atoms with van der Waals surface area (Å²) >= 11 is 1.44. The quantitative estimate of drug-likeness (QED) is 0.820. The van der Waals surface area contributed by atoms with E-state index in [1.54, 1.807) is 12.1 Å². The molecule has 0 spiro atoms. The van der Waals surface area contributed by atoms with Crippen LogP contribution in [0.15, 0.2) is 24.3 Å². The predicted molar refractivity (Wildman–Crippen MR) is 101 cm³/mol. The van der Waals surface area contributed by atoms with Gasteiger partial charge < -0.3 is 15.0 Å². The summed E-state index contributed by atoms with van der Waals surface area (Å²) in [6.07, 6.45) is 2.87. The number of nitrogens with zero attached hydrogens (tertiary/aromatic N) is 2. The highest BCUT2D eigenvalue weighted by Crippen LogP contribution is 2.38. The van der Waals surface area contributed by atoms with Crippen LogP contribution < -0.4 is 10.2 Å². The zero-order valence-corrected chi connectivity index (χ0v) is 15.5. The van der Waals surface area contributed by atoms with Crippen LogP contribution in [0.3, 0.4) is 0 Å². The molecule has 1 aromatic carbocycles. The van der Waals surface area contributed by atoms with Crippen LogP contribution >= 0.6 is 11.3 Å². The summed E-state index contributed by atoms with van der Waals surface area (Å²) in [6, 6.07) is 9.11. The second-order valence-electron chi connectivity index (χ2n) is 6.24. The molecule has 0 unspecified atom stereocenters. The maximum atomic E-state index is 12.1. The molecule has 1 aliphatic rings. The van der Waals surface area contributed by atoms with Crippen LogP contribution in [0.4, 0.5) is 10.7 Å². The second-order valence-corrected chi connectivity index (χ2v) is 7.34. The maximum Gasteiger partial charge on any atom is 0.338 e. The Balaban J connectivity index is 1.57. The van der Waals surface area contributed by atoms with Crippen molar-refractivity contribution < 1.29 is 14.3 Å². The minimum absolute atomic E-state index is 0.385. The van der Waals surface area contributed by atoms with Gasteiger partial charge in [-0.25, -0.2) is 4.79 Å². The van der Waals surface area contributed by atoms with Crippen molar-refractivity contribution in [2.75, 3.05) is 30.9 Å². The monoisotopic (exact) mass is 369 g/mol. The minimum Gasteiger partial charge on any atom is -0.452 e. The Bertz CT molecular complexity index is 879. The molecule has 0 saturated carbocycles. The smallest absolute Gasteiger partial charge is 0.338 e. The van der Waals surface area contributed by atoms with Crippen molar-refractivity contribution in [3.63, 3.8) is 0 Å². The number of carbonyl (C=O) groups excluding carboxylic acids is 2. The number of rotatable bonds is 5. The number of carbonyl (C=O) groups is 2. The molecule has 0 bridgehead atoms. The van der Waals surface area contributed by atoms with Gasteiger partial charge in [0.15, 0.2) is 6.61 Å². The van der Waals surface area contributed by atoms with Crippen LogP contribution in [0.2, 0.25) is 0 Å². The van der Waals surface area contributed by atoms with Crippen molar-refractivity contribution in [3.05, 3.63) is 45.8 Å². The van der Waals surface area contributed by atoms with Gasteiger partial charge in [0.2, 0.25) is 0 Å². The van der Waals surface area contributed by atoms with Crippen LogP contribution in [-0.4, -0.2) is 32.6 Å². The van der Waals surface area contributed by atoms with Gasteiger partial charge >= 0.3 is 5.97 Å². The highest BCUT2D eigenvalue weighted by Gasteiger charge is 2.23. The lowest BCUT2D eigenvalue weighted by molar-refractivity contribution is -0.119. The largest absolute Gasteiger partial charge is 0.452 e. The van der Waals surface area contributed by atoms with Crippen LogP contribution in [-0.2, 0) is 22.4 Å². The average Bonchev–Trinajstić information content (AvgIpc) is 3.20. The van der Waals surface area contributed by atoms with E-state index in [0.717, 1.165) is 35.4 Å². The van der Waals surface area contributed by atoms with Gasteiger partial charge in [0.1, 0.15) is 11.1 Å². The van der Waals surface area contributed by atoms with Crippen molar-refractivity contribution >= 4 is 33.9 Å². The van der Waals surface area contributed by atoms with Crippen molar-refractivity contribution in [1.29, 1.82) is 5.26 Å². The van der Waals surface area contributed by atoms with Crippen LogP contribution in [0.1, 0.15) is 32.8 Å². The molecule has 6 nitrogen and oxygen atoms in total. The zero-order valence-electron chi connectivity index (χ0n) is 14.7. The molecule has 1 heterocycles. The molecule has 0 fully saturated rings. The summed E-state index contributed by atoms with van der Waals surface area (Å²) in [7, 11) is 3.82. The molecular formula is C19H19N3O3S. The summed E-state index contributed by atoms with van der Waals surface area (Å²) in [6.45, 7) is -0.387. The van der Waals surface area contributed by atoms with E-state index in [-0.39, 0.29) is 6.61 Å². The standard InChI is InChI=1S/C19H19N3O3S/c1-22(2)13-8-6-12(7-9-13)19(24)25-11-17(23)21-18-15(10-20)14-4-3-5-16(14)26-18/h6-9H,3-5,11H2,1-2H3,(H,21,23). The van der Waals surface area contributed by atoms with Gasteiger partial charge in [-0.15, -0.1) is 11.3 Å². The van der Waals surface area contributed by atoms with Crippen LogP contribution in [0, 0.1) is 11.3 Å². The molecule has 0 radical (unpaired) electrons. The third-order valence-corrected chi connectivity index (χ3v) is 5.45. The van der Waals surface area contributed by atoms with E-state index in [9.17, 15) is 14.9 Å². The van der Waals surface area contributed by atoms with E-state index in [1.807, 2.05) is 31.1 Å². The molecule has 1 amide bonds. The first kappa shape index (κ1) is 18.0. The number of ether oxygens (including phenoxy) is 1. The fourth-order valence-corrected chi connectivity index (χ4v) is 4.14. The number of hydrogen-bond donors (Lipinski definition) is 1. The number of benzene rings is 1. The normalized spacial score (nSPS) is 12.2. The Hall–Kier alpha value is -2.85. The Morgan fingerprint density at radius 3 is 2.65 bits per heavy atom. The van der Waals surface area contributed by atoms with Gasteiger partial charge in [-0.3, -0.25) is 4.79 Å². The molecule has 7 heteroatoms. The number of nitrogens with one attached hydrogen (secondary N) is 1. The Kier molecular flexibility index (Phi) is 5.24. The molecule has 0 atom stereocenters. The van der Waals surface area contributed by atoms with E-state index < -0.39 is 11.9 Å². The number of anilines is 2. The first-order chi connectivity index (χ1) is 12.5. The molecular weight excluding hydrogens is 350 g/mol. The Morgan fingerprint density at radius 2 is 2.00 bits per heavy atom. The lowest BCUT2D eigenvalue weighted by Gasteiger charge is -2.12. The summed E-state index contributed by atoms with van der Waals surface area (Å²) in [4.78, 5) is 27.2. The maximum absolute atomic E-state index is 12.1. The number of esters is 1. The number of thiophene rings is 1.